The van der Waals surface area contributed by atoms with Crippen molar-refractivity contribution in [2.24, 2.45) is 0 Å². The van der Waals surface area contributed by atoms with E-state index in [2.05, 4.69) is 15.9 Å². The molecule has 2 aromatic rings. The SMILES string of the molecule is CCOC(=O)/C(C#N)=C/c1cc(C)cc(COc2ccccc2Br)c1C. The Morgan fingerprint density at radius 1 is 1.27 bits per heavy atom. The summed E-state index contributed by atoms with van der Waals surface area (Å²) >= 11 is 3.47. The first kappa shape index (κ1) is 19.7. The van der Waals surface area contributed by atoms with Crippen LogP contribution >= 0.6 is 15.9 Å². The molecule has 0 N–H and O–H groups in total. The predicted molar refractivity (Wildman–Crippen MR) is 105 cm³/mol. The molecule has 0 aliphatic heterocycles. The van der Waals surface area contributed by atoms with Gasteiger partial charge in [-0.3, -0.25) is 0 Å². The quantitative estimate of drug-likeness (QED) is 0.374. The van der Waals surface area contributed by atoms with Gasteiger partial charge in [0.2, 0.25) is 0 Å². The van der Waals surface area contributed by atoms with Crippen LogP contribution in [-0.2, 0) is 16.1 Å². The van der Waals surface area contributed by atoms with Crippen molar-refractivity contribution in [3.63, 3.8) is 0 Å². The second-order valence-electron chi connectivity index (χ2n) is 5.75. The van der Waals surface area contributed by atoms with Gasteiger partial charge >= 0.3 is 5.97 Å². The number of hydrogen-bond acceptors (Lipinski definition) is 4. The minimum Gasteiger partial charge on any atom is -0.488 e. The fourth-order valence-electron chi connectivity index (χ4n) is 2.48. The van der Waals surface area contributed by atoms with Gasteiger partial charge in [-0.15, -0.1) is 0 Å². The minimum atomic E-state index is -0.609. The molecule has 0 amide bonds. The highest BCUT2D eigenvalue weighted by Crippen LogP contribution is 2.26. The topological polar surface area (TPSA) is 59.3 Å². The van der Waals surface area contributed by atoms with Crippen molar-refractivity contribution in [1.82, 2.24) is 0 Å². The van der Waals surface area contributed by atoms with Gasteiger partial charge in [-0.2, -0.15) is 5.26 Å². The first-order valence-electron chi connectivity index (χ1n) is 8.22. The largest absolute Gasteiger partial charge is 0.488 e. The highest BCUT2D eigenvalue weighted by Gasteiger charge is 2.12. The van der Waals surface area contributed by atoms with Crippen molar-refractivity contribution in [1.29, 1.82) is 5.26 Å². The highest BCUT2D eigenvalue weighted by atomic mass is 79.9. The molecular weight excluding hydrogens is 394 g/mol. The molecule has 4 nitrogen and oxygen atoms in total. The molecule has 134 valence electrons. The van der Waals surface area contributed by atoms with E-state index in [9.17, 15) is 10.1 Å². The zero-order chi connectivity index (χ0) is 19.1. The molecule has 0 aliphatic rings. The number of aryl methyl sites for hydroxylation is 1. The van der Waals surface area contributed by atoms with Gasteiger partial charge in [0.25, 0.3) is 0 Å². The van der Waals surface area contributed by atoms with Gasteiger partial charge in [-0.1, -0.05) is 29.8 Å². The number of carbonyl (C=O) groups is 1. The van der Waals surface area contributed by atoms with E-state index in [-0.39, 0.29) is 12.2 Å². The fraction of sp³-hybridized carbons (Fsp3) is 0.238. The third-order valence-electron chi connectivity index (χ3n) is 3.84. The van der Waals surface area contributed by atoms with Gasteiger partial charge < -0.3 is 9.47 Å². The number of rotatable bonds is 6. The monoisotopic (exact) mass is 413 g/mol. The molecular formula is C21H20BrNO3. The molecule has 0 aromatic heterocycles. The Balaban J connectivity index is 2.32. The Bertz CT molecular complexity index is 881. The van der Waals surface area contributed by atoms with Gasteiger partial charge in [-0.05, 0) is 71.6 Å². The average molecular weight is 414 g/mol. The van der Waals surface area contributed by atoms with Crippen LogP contribution in [0.3, 0.4) is 0 Å². The molecule has 0 saturated heterocycles. The van der Waals surface area contributed by atoms with Crippen LogP contribution in [0.4, 0.5) is 0 Å². The lowest BCUT2D eigenvalue weighted by Crippen LogP contribution is -2.07. The van der Waals surface area contributed by atoms with Crippen LogP contribution in [0.15, 0.2) is 46.4 Å². The normalized spacial score (nSPS) is 11.0. The maximum absolute atomic E-state index is 11.9. The van der Waals surface area contributed by atoms with E-state index in [4.69, 9.17) is 9.47 Å². The van der Waals surface area contributed by atoms with Crippen molar-refractivity contribution < 1.29 is 14.3 Å². The van der Waals surface area contributed by atoms with Crippen molar-refractivity contribution >= 4 is 28.0 Å². The number of nitrogens with zero attached hydrogens (tertiary/aromatic N) is 1. The number of benzene rings is 2. The smallest absolute Gasteiger partial charge is 0.348 e. The van der Waals surface area contributed by atoms with E-state index in [0.717, 1.165) is 32.5 Å². The lowest BCUT2D eigenvalue weighted by atomic mass is 9.98. The van der Waals surface area contributed by atoms with E-state index >= 15 is 0 Å². The van der Waals surface area contributed by atoms with E-state index in [1.54, 1.807) is 13.0 Å². The number of nitriles is 1. The fourth-order valence-corrected chi connectivity index (χ4v) is 2.88. The number of carbonyl (C=O) groups excluding carboxylic acids is 1. The molecule has 0 heterocycles. The summed E-state index contributed by atoms with van der Waals surface area (Å²) < 4.78 is 11.7. The summed E-state index contributed by atoms with van der Waals surface area (Å²) in [6.45, 7) is 6.25. The van der Waals surface area contributed by atoms with E-state index in [0.29, 0.717) is 6.61 Å². The standard InChI is InChI=1S/C21H20BrNO3/c1-4-25-21(24)17(12-23)11-16-9-14(2)10-18(15(16)3)13-26-20-8-6-5-7-19(20)22/h5-11H,4,13H2,1-3H3/b17-11+. The van der Waals surface area contributed by atoms with Crippen LogP contribution in [0.2, 0.25) is 0 Å². The van der Waals surface area contributed by atoms with Crippen molar-refractivity contribution in [2.45, 2.75) is 27.4 Å². The summed E-state index contributed by atoms with van der Waals surface area (Å²) in [6.07, 6.45) is 1.57. The molecule has 0 spiro atoms. The summed E-state index contributed by atoms with van der Waals surface area (Å²) in [5, 5.41) is 9.25. The summed E-state index contributed by atoms with van der Waals surface area (Å²) in [7, 11) is 0. The Morgan fingerprint density at radius 2 is 2.00 bits per heavy atom. The van der Waals surface area contributed by atoms with Gasteiger partial charge in [0, 0.05) is 0 Å². The molecule has 0 unspecified atom stereocenters. The Kier molecular flexibility index (Phi) is 6.99. The summed E-state index contributed by atoms with van der Waals surface area (Å²) in [5.41, 5.74) is 3.76. The Labute approximate surface area is 162 Å². The van der Waals surface area contributed by atoms with Crippen LogP contribution in [0.25, 0.3) is 6.08 Å². The predicted octanol–water partition coefficient (Wildman–Crippen LogP) is 5.12. The average Bonchev–Trinajstić information content (AvgIpc) is 2.62. The minimum absolute atomic E-state index is 0.0155. The maximum Gasteiger partial charge on any atom is 0.348 e. The highest BCUT2D eigenvalue weighted by molar-refractivity contribution is 9.10. The summed E-state index contributed by atoms with van der Waals surface area (Å²) in [6, 6.07) is 13.6. The Hall–Kier alpha value is -2.58. The van der Waals surface area contributed by atoms with Crippen LogP contribution < -0.4 is 4.74 Å². The molecule has 0 radical (unpaired) electrons. The van der Waals surface area contributed by atoms with Gasteiger partial charge in [-0.25, -0.2) is 4.79 Å². The van der Waals surface area contributed by atoms with Crippen molar-refractivity contribution in [2.75, 3.05) is 6.61 Å². The third kappa shape index (κ3) is 4.96. The van der Waals surface area contributed by atoms with Crippen LogP contribution in [0, 0.1) is 25.2 Å². The van der Waals surface area contributed by atoms with Gasteiger partial charge in [0.15, 0.2) is 0 Å². The zero-order valence-corrected chi connectivity index (χ0v) is 16.6. The molecule has 0 bridgehead atoms. The molecule has 5 heteroatoms. The van der Waals surface area contributed by atoms with Crippen LogP contribution in [-0.4, -0.2) is 12.6 Å². The summed E-state index contributed by atoms with van der Waals surface area (Å²) in [5.74, 6) is 0.150. The molecule has 26 heavy (non-hydrogen) atoms. The molecule has 0 saturated carbocycles. The lowest BCUT2D eigenvalue weighted by Gasteiger charge is -2.13. The zero-order valence-electron chi connectivity index (χ0n) is 15.0. The van der Waals surface area contributed by atoms with Crippen molar-refractivity contribution in [3.05, 3.63) is 68.7 Å². The first-order valence-corrected chi connectivity index (χ1v) is 9.02. The van der Waals surface area contributed by atoms with Crippen molar-refractivity contribution in [3.8, 4) is 11.8 Å². The van der Waals surface area contributed by atoms with E-state index < -0.39 is 5.97 Å². The summed E-state index contributed by atoms with van der Waals surface area (Å²) in [4.78, 5) is 11.9. The van der Waals surface area contributed by atoms with Crippen LogP contribution in [0.1, 0.15) is 29.2 Å². The van der Waals surface area contributed by atoms with Gasteiger partial charge in [0.1, 0.15) is 24.0 Å². The second-order valence-corrected chi connectivity index (χ2v) is 6.60. The third-order valence-corrected chi connectivity index (χ3v) is 4.49. The second kappa shape index (κ2) is 9.21. The van der Waals surface area contributed by atoms with Gasteiger partial charge in [0.05, 0.1) is 11.1 Å². The number of para-hydroxylation sites is 1. The number of hydrogen-bond donors (Lipinski definition) is 0. The number of ether oxygens (including phenoxy) is 2. The molecule has 2 rings (SSSR count). The lowest BCUT2D eigenvalue weighted by molar-refractivity contribution is -0.137. The molecule has 0 atom stereocenters. The van der Waals surface area contributed by atoms with E-state index in [1.165, 1.54) is 0 Å². The Morgan fingerprint density at radius 3 is 2.65 bits per heavy atom. The molecule has 0 aliphatic carbocycles. The molecule has 2 aromatic carbocycles. The maximum atomic E-state index is 11.9. The van der Waals surface area contributed by atoms with Crippen LogP contribution in [0.5, 0.6) is 5.75 Å². The molecule has 0 fully saturated rings. The number of esters is 1. The van der Waals surface area contributed by atoms with E-state index in [1.807, 2.05) is 56.3 Å². The first-order chi connectivity index (χ1) is 12.5. The number of halogens is 1.